The first-order valence-electron chi connectivity index (χ1n) is 8.04. The van der Waals surface area contributed by atoms with Crippen LogP contribution < -0.4 is 5.32 Å². The molecule has 1 unspecified atom stereocenters. The van der Waals surface area contributed by atoms with Crippen LogP contribution in [-0.4, -0.2) is 23.3 Å². The normalized spacial score (nSPS) is 18.9. The fourth-order valence-electron chi connectivity index (χ4n) is 2.91. The van der Waals surface area contributed by atoms with E-state index < -0.39 is 17.5 Å². The number of benzene rings is 2. The number of ether oxygens (including phenoxy) is 1. The van der Waals surface area contributed by atoms with Crippen LogP contribution in [0.3, 0.4) is 0 Å². The summed E-state index contributed by atoms with van der Waals surface area (Å²) in [4.78, 5) is 36.3. The van der Waals surface area contributed by atoms with E-state index in [4.69, 9.17) is 4.74 Å². The minimum atomic E-state index is -1.28. The molecule has 0 spiro atoms. The zero-order chi connectivity index (χ0) is 18.2. The highest BCUT2D eigenvalue weighted by atomic mass is 16.6. The molecule has 1 heterocycles. The molecule has 0 radical (unpaired) electrons. The van der Waals surface area contributed by atoms with E-state index in [0.717, 1.165) is 11.1 Å². The number of carbonyl (C=O) groups excluding carboxylic acids is 3. The molecule has 128 valence electrons. The highest BCUT2D eigenvalue weighted by Crippen LogP contribution is 2.30. The molecule has 0 bridgehead atoms. The number of rotatable bonds is 3. The van der Waals surface area contributed by atoms with Gasteiger partial charge in [-0.05, 0) is 56.7 Å². The summed E-state index contributed by atoms with van der Waals surface area (Å²) >= 11 is 0. The second kappa shape index (κ2) is 6.16. The van der Waals surface area contributed by atoms with Crippen LogP contribution in [-0.2, 0) is 16.0 Å². The van der Waals surface area contributed by atoms with Gasteiger partial charge in [0.2, 0.25) is 0 Å². The lowest BCUT2D eigenvalue weighted by Gasteiger charge is -2.33. The summed E-state index contributed by atoms with van der Waals surface area (Å²) in [6, 6.07) is 12.1. The van der Waals surface area contributed by atoms with Crippen LogP contribution in [0.25, 0.3) is 0 Å². The number of nitrogens with one attached hydrogen (secondary N) is 1. The molecule has 5 nitrogen and oxygen atoms in total. The zero-order valence-corrected chi connectivity index (χ0v) is 14.4. The van der Waals surface area contributed by atoms with Crippen LogP contribution in [0.5, 0.6) is 0 Å². The fourth-order valence-corrected chi connectivity index (χ4v) is 2.91. The predicted molar refractivity (Wildman–Crippen MR) is 93.8 cm³/mol. The number of hydrogen-bond donors (Lipinski definition) is 1. The lowest BCUT2D eigenvalue weighted by Crippen LogP contribution is -2.48. The second-order valence-electron chi connectivity index (χ2n) is 6.55. The van der Waals surface area contributed by atoms with E-state index in [-0.39, 0.29) is 5.78 Å². The van der Waals surface area contributed by atoms with E-state index >= 15 is 0 Å². The molecule has 0 aliphatic carbocycles. The molecule has 2 aromatic carbocycles. The molecule has 3 rings (SSSR count). The van der Waals surface area contributed by atoms with Gasteiger partial charge in [-0.3, -0.25) is 9.59 Å². The summed E-state index contributed by atoms with van der Waals surface area (Å²) in [5.74, 6) is -0.938. The molecule has 0 saturated heterocycles. The highest BCUT2D eigenvalue weighted by molar-refractivity contribution is 6.03. The summed E-state index contributed by atoms with van der Waals surface area (Å²) in [7, 11) is 0. The van der Waals surface area contributed by atoms with Gasteiger partial charge in [-0.1, -0.05) is 17.7 Å². The molecule has 0 saturated carbocycles. The topological polar surface area (TPSA) is 72.5 Å². The molecule has 1 amide bonds. The van der Waals surface area contributed by atoms with Gasteiger partial charge in [0, 0.05) is 17.7 Å². The van der Waals surface area contributed by atoms with Crippen molar-refractivity contribution in [3.05, 3.63) is 64.7 Å². The van der Waals surface area contributed by atoms with Crippen LogP contribution in [0.4, 0.5) is 5.69 Å². The van der Waals surface area contributed by atoms with Gasteiger partial charge in [-0.15, -0.1) is 0 Å². The lowest BCUT2D eigenvalue weighted by atomic mass is 9.88. The molecule has 5 heteroatoms. The summed E-state index contributed by atoms with van der Waals surface area (Å²) < 4.78 is 5.43. The Labute approximate surface area is 146 Å². The summed E-state index contributed by atoms with van der Waals surface area (Å²) in [5, 5.41) is 2.76. The van der Waals surface area contributed by atoms with Gasteiger partial charge in [0.15, 0.2) is 11.4 Å². The van der Waals surface area contributed by atoms with Crippen LogP contribution in [0.15, 0.2) is 42.5 Å². The van der Waals surface area contributed by atoms with Crippen LogP contribution in [0, 0.1) is 6.92 Å². The van der Waals surface area contributed by atoms with Gasteiger partial charge in [0.1, 0.15) is 0 Å². The Bertz CT molecular complexity index is 870. The Morgan fingerprint density at radius 2 is 1.80 bits per heavy atom. The lowest BCUT2D eigenvalue weighted by molar-refractivity contribution is -0.134. The maximum atomic E-state index is 12.7. The minimum Gasteiger partial charge on any atom is -0.445 e. The number of hydrogen-bond acceptors (Lipinski definition) is 4. The van der Waals surface area contributed by atoms with E-state index in [1.54, 1.807) is 37.3 Å². The predicted octanol–water partition coefficient (Wildman–Crippen LogP) is 3.31. The van der Waals surface area contributed by atoms with Crippen molar-refractivity contribution in [2.24, 2.45) is 0 Å². The Balaban J connectivity index is 1.82. The third-order valence-electron chi connectivity index (χ3n) is 4.36. The number of amides is 1. The van der Waals surface area contributed by atoms with E-state index in [1.165, 1.54) is 6.92 Å². The number of carbonyl (C=O) groups is 3. The van der Waals surface area contributed by atoms with Crippen LogP contribution >= 0.6 is 0 Å². The summed E-state index contributed by atoms with van der Waals surface area (Å²) in [6.45, 7) is 5.03. The van der Waals surface area contributed by atoms with Gasteiger partial charge in [0.05, 0.1) is 5.56 Å². The molecule has 1 N–H and O–H groups in total. The highest BCUT2D eigenvalue weighted by Gasteiger charge is 2.42. The number of cyclic esters (lactones) is 1. The van der Waals surface area contributed by atoms with Crippen molar-refractivity contribution in [2.75, 3.05) is 5.32 Å². The number of esters is 1. The average molecular weight is 337 g/mol. The number of aryl methyl sites for hydroxylation is 1. The largest absolute Gasteiger partial charge is 0.445 e. The third kappa shape index (κ3) is 3.31. The second-order valence-corrected chi connectivity index (χ2v) is 6.55. The van der Waals surface area contributed by atoms with E-state index in [2.05, 4.69) is 5.32 Å². The number of fused-ring (bicyclic) bond motifs is 1. The SMILES string of the molecule is CC(=O)c1ccc(NC(=O)C2(C)Cc3cc(C)ccc3C(=O)O2)cc1. The number of ketones is 1. The van der Waals surface area contributed by atoms with Crippen molar-refractivity contribution in [3.8, 4) is 0 Å². The molecular formula is C20H19NO4. The minimum absolute atomic E-state index is 0.0435. The number of Topliss-reactive ketones (excluding diaryl/α,β-unsaturated/α-hetero) is 1. The number of anilines is 1. The summed E-state index contributed by atoms with van der Waals surface area (Å²) in [5.41, 5.74) is 2.16. The van der Waals surface area contributed by atoms with Crippen LogP contribution in [0.1, 0.15) is 45.7 Å². The molecule has 1 aliphatic heterocycles. The van der Waals surface area contributed by atoms with Crippen molar-refractivity contribution < 1.29 is 19.1 Å². The monoisotopic (exact) mass is 337 g/mol. The maximum Gasteiger partial charge on any atom is 0.339 e. The zero-order valence-electron chi connectivity index (χ0n) is 14.4. The van der Waals surface area contributed by atoms with Crippen molar-refractivity contribution in [1.29, 1.82) is 0 Å². The van der Waals surface area contributed by atoms with Crippen molar-refractivity contribution in [1.82, 2.24) is 0 Å². The molecule has 0 aromatic heterocycles. The van der Waals surface area contributed by atoms with Gasteiger partial charge < -0.3 is 10.1 Å². The Kier molecular flexibility index (Phi) is 4.17. The molecular weight excluding hydrogens is 318 g/mol. The van der Waals surface area contributed by atoms with Gasteiger partial charge >= 0.3 is 5.97 Å². The van der Waals surface area contributed by atoms with E-state index in [1.807, 2.05) is 19.1 Å². The Hall–Kier alpha value is -2.95. The molecule has 0 fully saturated rings. The Morgan fingerprint density at radius 1 is 1.12 bits per heavy atom. The smallest absolute Gasteiger partial charge is 0.339 e. The first-order chi connectivity index (χ1) is 11.8. The van der Waals surface area contributed by atoms with Gasteiger partial charge in [-0.2, -0.15) is 0 Å². The molecule has 25 heavy (non-hydrogen) atoms. The Morgan fingerprint density at radius 3 is 2.44 bits per heavy atom. The average Bonchev–Trinajstić information content (AvgIpc) is 2.54. The van der Waals surface area contributed by atoms with Crippen molar-refractivity contribution >= 4 is 23.3 Å². The molecule has 1 aliphatic rings. The summed E-state index contributed by atoms with van der Waals surface area (Å²) in [6.07, 6.45) is 0.313. The molecule has 1 atom stereocenters. The quantitative estimate of drug-likeness (QED) is 0.689. The molecule has 2 aromatic rings. The fraction of sp³-hybridized carbons (Fsp3) is 0.250. The van der Waals surface area contributed by atoms with Gasteiger partial charge in [-0.25, -0.2) is 4.79 Å². The van der Waals surface area contributed by atoms with Crippen molar-refractivity contribution in [3.63, 3.8) is 0 Å². The van der Waals surface area contributed by atoms with Crippen molar-refractivity contribution in [2.45, 2.75) is 32.8 Å². The van der Waals surface area contributed by atoms with E-state index in [0.29, 0.717) is 23.2 Å². The first-order valence-corrected chi connectivity index (χ1v) is 8.04. The van der Waals surface area contributed by atoms with E-state index in [9.17, 15) is 14.4 Å². The third-order valence-corrected chi connectivity index (χ3v) is 4.36. The first kappa shape index (κ1) is 16.9. The maximum absolute atomic E-state index is 12.7. The van der Waals surface area contributed by atoms with Crippen LogP contribution in [0.2, 0.25) is 0 Å². The standard InChI is InChI=1S/C20H19NO4/c1-12-4-9-17-15(10-12)11-20(3,25-18(17)23)19(24)21-16-7-5-14(6-8-16)13(2)22/h4-10H,11H2,1-3H3,(H,21,24). The van der Waals surface area contributed by atoms with Gasteiger partial charge in [0.25, 0.3) is 5.91 Å².